The average molecular weight is 560 g/mol. The number of halogens is 1. The van der Waals surface area contributed by atoms with E-state index in [0.29, 0.717) is 6.79 Å². The Balaban J connectivity index is 0.00000289. The summed E-state index contributed by atoms with van der Waals surface area (Å²) in [6.07, 6.45) is 2.99. The number of nitrogens with one attached hydrogen (secondary N) is 2. The van der Waals surface area contributed by atoms with E-state index in [1.807, 2.05) is 6.07 Å². The van der Waals surface area contributed by atoms with E-state index in [0.717, 1.165) is 102 Å². The molecule has 0 aromatic heterocycles. The minimum atomic E-state index is -0.0462. The van der Waals surface area contributed by atoms with Crippen molar-refractivity contribution in [1.29, 1.82) is 0 Å². The van der Waals surface area contributed by atoms with E-state index in [1.54, 1.807) is 0 Å². The Kier molecular flexibility index (Phi) is 10.1. The van der Waals surface area contributed by atoms with Crippen molar-refractivity contribution in [2.45, 2.75) is 31.6 Å². The van der Waals surface area contributed by atoms with Crippen LogP contribution in [0, 0.1) is 0 Å². The van der Waals surface area contributed by atoms with Gasteiger partial charge in [0.05, 0.1) is 19.8 Å². The molecule has 2 N–H and O–H groups in total. The maximum absolute atomic E-state index is 5.68. The lowest BCUT2D eigenvalue weighted by Gasteiger charge is -2.36. The van der Waals surface area contributed by atoms with Gasteiger partial charge in [0.1, 0.15) is 0 Å². The molecule has 0 saturated carbocycles. The van der Waals surface area contributed by atoms with Crippen molar-refractivity contribution in [2.24, 2.45) is 4.99 Å². The van der Waals surface area contributed by atoms with Crippen molar-refractivity contribution >= 4 is 29.9 Å². The molecule has 32 heavy (non-hydrogen) atoms. The monoisotopic (exact) mass is 560 g/mol. The topological polar surface area (TPSA) is 76.6 Å². The maximum atomic E-state index is 5.68. The summed E-state index contributed by atoms with van der Waals surface area (Å²) in [4.78, 5) is 7.46. The van der Waals surface area contributed by atoms with Gasteiger partial charge >= 0.3 is 0 Å². The van der Waals surface area contributed by atoms with Gasteiger partial charge in [0, 0.05) is 44.8 Å². The molecular formula is C23H37IN4O4. The molecule has 1 aromatic carbocycles. The van der Waals surface area contributed by atoms with Crippen LogP contribution in [0.15, 0.2) is 23.2 Å². The van der Waals surface area contributed by atoms with Gasteiger partial charge in [0.25, 0.3) is 0 Å². The molecule has 3 heterocycles. The number of guanidine groups is 1. The van der Waals surface area contributed by atoms with Crippen LogP contribution in [0.1, 0.15) is 31.7 Å². The summed E-state index contributed by atoms with van der Waals surface area (Å²) in [6, 6.07) is 6.32. The predicted molar refractivity (Wildman–Crippen MR) is 136 cm³/mol. The van der Waals surface area contributed by atoms with E-state index in [4.69, 9.17) is 23.9 Å². The van der Waals surface area contributed by atoms with Gasteiger partial charge in [-0.25, -0.2) is 0 Å². The fraction of sp³-hybridized carbons (Fsp3) is 0.696. The molecule has 3 aliphatic rings. The van der Waals surface area contributed by atoms with E-state index >= 15 is 0 Å². The van der Waals surface area contributed by atoms with E-state index in [-0.39, 0.29) is 29.4 Å². The number of nitrogens with zero attached hydrogens (tertiary/aromatic N) is 2. The number of hydrogen-bond donors (Lipinski definition) is 2. The number of rotatable bonds is 8. The molecule has 9 heteroatoms. The number of morpholine rings is 1. The Morgan fingerprint density at radius 1 is 1.03 bits per heavy atom. The molecule has 3 aliphatic heterocycles. The Labute approximate surface area is 208 Å². The Bertz CT molecular complexity index is 737. The standard InChI is InChI=1S/C23H36N4O4.HI/c1-2-24-22(25-8-3-9-27-10-14-29-15-11-27)26-17-23(6-12-28-13-7-23)19-4-5-20-21(16-19)31-18-30-20;/h4-5,16H,2-3,6-15,17-18H2,1H3,(H2,24,25,26);1H. The molecule has 2 saturated heterocycles. The highest BCUT2D eigenvalue weighted by Gasteiger charge is 2.35. The van der Waals surface area contributed by atoms with Crippen molar-refractivity contribution in [3.8, 4) is 11.5 Å². The molecule has 2 fully saturated rings. The lowest BCUT2D eigenvalue weighted by Crippen LogP contribution is -2.42. The normalized spacial score (nSPS) is 20.5. The third-order valence-corrected chi connectivity index (χ3v) is 6.37. The first-order valence-electron chi connectivity index (χ1n) is 11.6. The fourth-order valence-electron chi connectivity index (χ4n) is 4.43. The van der Waals surface area contributed by atoms with E-state index in [2.05, 4.69) is 34.6 Å². The summed E-state index contributed by atoms with van der Waals surface area (Å²) in [5.41, 5.74) is 1.21. The zero-order valence-electron chi connectivity index (χ0n) is 19.1. The van der Waals surface area contributed by atoms with Crippen LogP contribution in [0.4, 0.5) is 0 Å². The summed E-state index contributed by atoms with van der Waals surface area (Å²) in [7, 11) is 0. The van der Waals surface area contributed by atoms with Gasteiger partial charge < -0.3 is 29.6 Å². The number of hydrogen-bond acceptors (Lipinski definition) is 6. The number of benzene rings is 1. The van der Waals surface area contributed by atoms with E-state index < -0.39 is 0 Å². The van der Waals surface area contributed by atoms with Crippen LogP contribution in [-0.4, -0.2) is 83.3 Å². The van der Waals surface area contributed by atoms with Gasteiger partial charge in [-0.1, -0.05) is 6.07 Å². The molecule has 1 aromatic rings. The maximum Gasteiger partial charge on any atom is 0.231 e. The number of ether oxygens (including phenoxy) is 4. The summed E-state index contributed by atoms with van der Waals surface area (Å²) < 4.78 is 22.2. The summed E-state index contributed by atoms with van der Waals surface area (Å²) >= 11 is 0. The smallest absolute Gasteiger partial charge is 0.231 e. The van der Waals surface area contributed by atoms with Crippen molar-refractivity contribution < 1.29 is 18.9 Å². The molecule has 0 radical (unpaired) electrons. The molecule has 180 valence electrons. The molecule has 8 nitrogen and oxygen atoms in total. The third kappa shape index (κ3) is 6.61. The van der Waals surface area contributed by atoms with Crippen LogP contribution in [0.3, 0.4) is 0 Å². The minimum absolute atomic E-state index is 0. The molecule has 0 unspecified atom stereocenters. The van der Waals surface area contributed by atoms with Gasteiger partial charge in [0.2, 0.25) is 6.79 Å². The molecule has 0 atom stereocenters. The Morgan fingerprint density at radius 2 is 1.78 bits per heavy atom. The highest BCUT2D eigenvalue weighted by atomic mass is 127. The molecule has 0 aliphatic carbocycles. The first kappa shape index (κ1) is 25.3. The van der Waals surface area contributed by atoms with Crippen LogP contribution in [0.2, 0.25) is 0 Å². The molecular weight excluding hydrogens is 523 g/mol. The van der Waals surface area contributed by atoms with Gasteiger partial charge in [-0.3, -0.25) is 9.89 Å². The number of fused-ring (bicyclic) bond motifs is 1. The second kappa shape index (κ2) is 12.8. The van der Waals surface area contributed by atoms with Crippen LogP contribution < -0.4 is 20.1 Å². The largest absolute Gasteiger partial charge is 0.454 e. The van der Waals surface area contributed by atoms with E-state index in [9.17, 15) is 0 Å². The highest BCUT2D eigenvalue weighted by molar-refractivity contribution is 14.0. The molecule has 4 rings (SSSR count). The van der Waals surface area contributed by atoms with Crippen molar-refractivity contribution in [3.63, 3.8) is 0 Å². The molecule has 0 bridgehead atoms. The van der Waals surface area contributed by atoms with Crippen LogP contribution in [0.5, 0.6) is 11.5 Å². The summed E-state index contributed by atoms with van der Waals surface area (Å²) in [5, 5.41) is 6.92. The van der Waals surface area contributed by atoms with Gasteiger partial charge in [-0.05, 0) is 50.4 Å². The van der Waals surface area contributed by atoms with Crippen LogP contribution >= 0.6 is 24.0 Å². The van der Waals surface area contributed by atoms with Crippen LogP contribution in [0.25, 0.3) is 0 Å². The minimum Gasteiger partial charge on any atom is -0.454 e. The predicted octanol–water partition coefficient (Wildman–Crippen LogP) is 2.36. The fourth-order valence-corrected chi connectivity index (χ4v) is 4.43. The Hall–Kier alpha value is -1.30. The second-order valence-electron chi connectivity index (χ2n) is 8.39. The molecule has 0 amide bonds. The van der Waals surface area contributed by atoms with Crippen LogP contribution in [-0.2, 0) is 14.9 Å². The Morgan fingerprint density at radius 3 is 2.56 bits per heavy atom. The summed E-state index contributed by atoms with van der Waals surface area (Å²) in [6.45, 7) is 11.2. The van der Waals surface area contributed by atoms with Gasteiger partial charge in [0.15, 0.2) is 17.5 Å². The zero-order chi connectivity index (χ0) is 21.4. The lowest BCUT2D eigenvalue weighted by atomic mass is 9.74. The third-order valence-electron chi connectivity index (χ3n) is 6.37. The van der Waals surface area contributed by atoms with Crippen molar-refractivity contribution in [1.82, 2.24) is 15.5 Å². The first-order chi connectivity index (χ1) is 15.3. The zero-order valence-corrected chi connectivity index (χ0v) is 21.4. The second-order valence-corrected chi connectivity index (χ2v) is 8.39. The average Bonchev–Trinajstić information content (AvgIpc) is 3.29. The SMILES string of the molecule is CCNC(=NCC1(c2ccc3c(c2)OCO3)CCOCC1)NCCCN1CCOCC1.I. The van der Waals surface area contributed by atoms with Gasteiger partial charge in [-0.2, -0.15) is 0 Å². The first-order valence-corrected chi connectivity index (χ1v) is 11.6. The van der Waals surface area contributed by atoms with Gasteiger partial charge in [-0.15, -0.1) is 24.0 Å². The number of aliphatic imine (C=N–C) groups is 1. The van der Waals surface area contributed by atoms with Crippen molar-refractivity contribution in [2.75, 3.05) is 72.5 Å². The summed E-state index contributed by atoms with van der Waals surface area (Å²) in [5.74, 6) is 2.54. The van der Waals surface area contributed by atoms with Crippen molar-refractivity contribution in [3.05, 3.63) is 23.8 Å². The lowest BCUT2D eigenvalue weighted by molar-refractivity contribution is 0.0376. The highest BCUT2D eigenvalue weighted by Crippen LogP contribution is 2.41. The molecule has 0 spiro atoms. The van der Waals surface area contributed by atoms with E-state index in [1.165, 1.54) is 5.56 Å². The quantitative estimate of drug-likeness (QED) is 0.219.